The summed E-state index contributed by atoms with van der Waals surface area (Å²) in [6.45, 7) is 0. The molecule has 1 aromatic rings. The maximum absolute atomic E-state index is 10.6. The molecule has 8 nitrogen and oxygen atoms in total. The zero-order valence-electron chi connectivity index (χ0n) is 8.25. The molecule has 0 saturated carbocycles. The van der Waals surface area contributed by atoms with Gasteiger partial charge in [0.1, 0.15) is 0 Å². The highest BCUT2D eigenvalue weighted by atomic mass is 35.5. The molecule has 0 radical (unpaired) electrons. The number of anilines is 2. The number of hydrogen-bond donors (Lipinski definition) is 4. The smallest absolute Gasteiger partial charge is 0.269 e. The molecule has 18 heavy (non-hydrogen) atoms. The van der Waals surface area contributed by atoms with Crippen LogP contribution in [0.5, 0.6) is 0 Å². The minimum atomic E-state index is -4.55. The van der Waals surface area contributed by atoms with Crippen LogP contribution in [-0.2, 0) is 20.6 Å². The largest absolute Gasteiger partial charge is 0.357 e. The van der Waals surface area contributed by atoms with E-state index >= 15 is 0 Å². The number of rotatable bonds is 4. The summed E-state index contributed by atoms with van der Waals surface area (Å²) in [4.78, 5) is 0. The predicted octanol–water partition coefficient (Wildman–Crippen LogP) is 1.42. The van der Waals surface area contributed by atoms with Gasteiger partial charge in [0, 0.05) is 0 Å². The third kappa shape index (κ3) is 4.84. The molecule has 1 rings (SSSR count). The average molecular weight is 337 g/mol. The topological polar surface area (TPSA) is 133 Å². The first-order valence-corrected chi connectivity index (χ1v) is 7.61. The first kappa shape index (κ1) is 15.3. The van der Waals surface area contributed by atoms with Gasteiger partial charge in [-0.1, -0.05) is 23.2 Å². The number of benzene rings is 1. The summed E-state index contributed by atoms with van der Waals surface area (Å²) in [7, 11) is -9.09. The average Bonchev–Trinajstić information content (AvgIpc) is 2.08. The van der Waals surface area contributed by atoms with Crippen molar-refractivity contribution < 1.29 is 25.9 Å². The van der Waals surface area contributed by atoms with Gasteiger partial charge in [-0.25, -0.2) is 0 Å². The fourth-order valence-corrected chi connectivity index (χ4v) is 2.41. The number of hydrogen-bond acceptors (Lipinski definition) is 4. The normalized spacial score (nSPS) is 12.2. The van der Waals surface area contributed by atoms with Crippen molar-refractivity contribution in [2.24, 2.45) is 0 Å². The van der Waals surface area contributed by atoms with Gasteiger partial charge in [-0.05, 0) is 12.1 Å². The maximum atomic E-state index is 10.6. The zero-order valence-corrected chi connectivity index (χ0v) is 11.4. The molecular weight excluding hydrogens is 331 g/mol. The molecule has 12 heteroatoms. The lowest BCUT2D eigenvalue weighted by Gasteiger charge is -2.10. The first-order valence-electron chi connectivity index (χ1n) is 3.97. The molecule has 0 saturated heterocycles. The molecule has 0 aliphatic rings. The molecule has 0 heterocycles. The lowest BCUT2D eigenvalue weighted by molar-refractivity contribution is 0.487. The van der Waals surface area contributed by atoms with Gasteiger partial charge < -0.3 is 0 Å². The van der Waals surface area contributed by atoms with Crippen molar-refractivity contribution >= 4 is 55.2 Å². The second-order valence-corrected chi connectivity index (χ2v) is 6.09. The van der Waals surface area contributed by atoms with Crippen LogP contribution in [0.3, 0.4) is 0 Å². The summed E-state index contributed by atoms with van der Waals surface area (Å²) in [5.74, 6) is 0. The molecule has 0 aromatic heterocycles. The zero-order chi connectivity index (χ0) is 14.1. The van der Waals surface area contributed by atoms with E-state index in [2.05, 4.69) is 0 Å². The Balaban J connectivity index is 3.20. The Morgan fingerprint density at radius 3 is 1.33 bits per heavy atom. The van der Waals surface area contributed by atoms with Crippen LogP contribution in [0.4, 0.5) is 11.4 Å². The third-order valence-corrected chi connectivity index (χ3v) is 3.12. The van der Waals surface area contributed by atoms with Crippen LogP contribution in [0.2, 0.25) is 10.0 Å². The Hall–Kier alpha value is -0.780. The van der Waals surface area contributed by atoms with Crippen LogP contribution in [0.15, 0.2) is 12.1 Å². The highest BCUT2D eigenvalue weighted by molar-refractivity contribution is 7.87. The molecule has 1 aromatic carbocycles. The summed E-state index contributed by atoms with van der Waals surface area (Å²) >= 11 is 11.2. The molecule has 0 spiro atoms. The van der Waals surface area contributed by atoms with Crippen LogP contribution >= 0.6 is 23.2 Å². The van der Waals surface area contributed by atoms with E-state index in [1.807, 2.05) is 0 Å². The monoisotopic (exact) mass is 336 g/mol. The fourth-order valence-electron chi connectivity index (χ4n) is 0.981. The molecule has 0 aliphatic carbocycles. The minimum absolute atomic E-state index is 0.247. The quantitative estimate of drug-likeness (QED) is 0.614. The molecule has 4 N–H and O–H groups in total. The Morgan fingerprint density at radius 1 is 0.833 bits per heavy atom. The SMILES string of the molecule is O=S(=O)(O)Nc1cc(Cl)c(NS(=O)(=O)O)cc1Cl. The molecule has 0 amide bonds. The lowest BCUT2D eigenvalue weighted by atomic mass is 10.3. The Morgan fingerprint density at radius 2 is 1.11 bits per heavy atom. The highest BCUT2D eigenvalue weighted by Gasteiger charge is 2.14. The molecule has 0 unspecified atom stereocenters. The standard InChI is InChI=1S/C6H6Cl2N2O6S2/c7-3-1-5(9-17(11,12)13)4(8)2-6(3)10-18(14,15)16/h1-2,9-10H,(H,11,12,13)(H,14,15,16). The summed E-state index contributed by atoms with van der Waals surface area (Å²) in [5, 5.41) is -0.494. The Kier molecular flexibility index (Phi) is 4.30. The van der Waals surface area contributed by atoms with Gasteiger partial charge in [-0.15, -0.1) is 0 Å². The van der Waals surface area contributed by atoms with Crippen molar-refractivity contribution in [3.63, 3.8) is 0 Å². The minimum Gasteiger partial charge on any atom is -0.269 e. The van der Waals surface area contributed by atoms with Crippen molar-refractivity contribution in [1.29, 1.82) is 0 Å². The lowest BCUT2D eigenvalue weighted by Crippen LogP contribution is -2.13. The van der Waals surface area contributed by atoms with Gasteiger partial charge in [0.2, 0.25) is 0 Å². The van der Waals surface area contributed by atoms with E-state index in [0.29, 0.717) is 0 Å². The fraction of sp³-hybridized carbons (Fsp3) is 0. The van der Waals surface area contributed by atoms with E-state index in [0.717, 1.165) is 12.1 Å². The van der Waals surface area contributed by atoms with Crippen LogP contribution < -0.4 is 9.44 Å². The molecule has 0 fully saturated rings. The molecule has 102 valence electrons. The van der Waals surface area contributed by atoms with E-state index in [1.54, 1.807) is 9.44 Å². The number of halogens is 2. The summed E-state index contributed by atoms with van der Waals surface area (Å²) in [5.41, 5.74) is -0.518. The van der Waals surface area contributed by atoms with Gasteiger partial charge in [0.15, 0.2) is 0 Å². The van der Waals surface area contributed by atoms with Gasteiger partial charge >= 0.3 is 20.6 Å². The summed E-state index contributed by atoms with van der Waals surface area (Å²) in [6, 6.07) is 1.90. The van der Waals surface area contributed by atoms with E-state index in [9.17, 15) is 16.8 Å². The third-order valence-electron chi connectivity index (χ3n) is 1.53. The first-order chi connectivity index (χ1) is 7.98. The van der Waals surface area contributed by atoms with E-state index in [-0.39, 0.29) is 21.4 Å². The molecule has 0 bridgehead atoms. The summed E-state index contributed by atoms with van der Waals surface area (Å²) in [6.07, 6.45) is 0. The van der Waals surface area contributed by atoms with Crippen LogP contribution in [0.25, 0.3) is 0 Å². The van der Waals surface area contributed by atoms with Gasteiger partial charge in [0.05, 0.1) is 21.4 Å². The second kappa shape index (κ2) is 5.07. The van der Waals surface area contributed by atoms with E-state index < -0.39 is 20.6 Å². The van der Waals surface area contributed by atoms with Crippen molar-refractivity contribution in [3.05, 3.63) is 22.2 Å². The van der Waals surface area contributed by atoms with Gasteiger partial charge in [-0.2, -0.15) is 16.8 Å². The molecule has 0 aliphatic heterocycles. The predicted molar refractivity (Wildman–Crippen MR) is 66.8 cm³/mol. The maximum Gasteiger partial charge on any atom is 0.357 e. The Labute approximate surface area is 113 Å². The van der Waals surface area contributed by atoms with Crippen molar-refractivity contribution in [1.82, 2.24) is 0 Å². The number of nitrogens with one attached hydrogen (secondary N) is 2. The van der Waals surface area contributed by atoms with Gasteiger partial charge in [0.25, 0.3) is 0 Å². The molecular formula is C6H6Cl2N2O6S2. The van der Waals surface area contributed by atoms with Crippen molar-refractivity contribution in [2.45, 2.75) is 0 Å². The van der Waals surface area contributed by atoms with E-state index in [4.69, 9.17) is 32.3 Å². The summed E-state index contributed by atoms with van der Waals surface area (Å²) < 4.78 is 62.7. The molecule has 0 atom stereocenters. The van der Waals surface area contributed by atoms with Crippen molar-refractivity contribution in [2.75, 3.05) is 9.44 Å². The van der Waals surface area contributed by atoms with Gasteiger partial charge in [-0.3, -0.25) is 18.5 Å². The Bertz CT molecular complexity index is 612. The van der Waals surface area contributed by atoms with Crippen LogP contribution in [0.1, 0.15) is 0 Å². The van der Waals surface area contributed by atoms with E-state index in [1.165, 1.54) is 0 Å². The van der Waals surface area contributed by atoms with Crippen LogP contribution in [0, 0.1) is 0 Å². The second-order valence-electron chi connectivity index (χ2n) is 2.97. The highest BCUT2D eigenvalue weighted by Crippen LogP contribution is 2.33. The van der Waals surface area contributed by atoms with Crippen molar-refractivity contribution in [3.8, 4) is 0 Å². The van der Waals surface area contributed by atoms with Crippen LogP contribution in [-0.4, -0.2) is 25.9 Å².